The van der Waals surface area contributed by atoms with E-state index in [-0.39, 0.29) is 5.41 Å². The van der Waals surface area contributed by atoms with Crippen molar-refractivity contribution in [1.82, 2.24) is 4.98 Å². The van der Waals surface area contributed by atoms with Crippen LogP contribution >= 0.6 is 0 Å². The average molecular weight is 285 g/mol. The molecule has 3 heteroatoms. The lowest BCUT2D eigenvalue weighted by Crippen LogP contribution is -2.13. The second-order valence-electron chi connectivity index (χ2n) is 6.46. The molecule has 0 unspecified atom stereocenters. The topological polar surface area (TPSA) is 42.4 Å². The van der Waals surface area contributed by atoms with E-state index >= 15 is 0 Å². The van der Waals surface area contributed by atoms with Crippen molar-refractivity contribution in [3.8, 4) is 11.6 Å². The summed E-state index contributed by atoms with van der Waals surface area (Å²) in [4.78, 5) is 4.26. The molecule has 0 amide bonds. The van der Waals surface area contributed by atoms with E-state index in [2.05, 4.69) is 38.7 Å². The lowest BCUT2D eigenvalue weighted by molar-refractivity contribution is 0.198. The summed E-state index contributed by atoms with van der Waals surface area (Å²) in [6, 6.07) is 9.79. The monoisotopic (exact) mass is 285 g/mol. The highest BCUT2D eigenvalue weighted by Crippen LogP contribution is 2.34. The third-order valence-corrected chi connectivity index (χ3v) is 3.40. The van der Waals surface area contributed by atoms with Crippen LogP contribution in [-0.4, -0.2) is 10.1 Å². The van der Waals surface area contributed by atoms with E-state index in [4.69, 9.17) is 4.74 Å². The molecule has 0 saturated carbocycles. The van der Waals surface area contributed by atoms with Gasteiger partial charge >= 0.3 is 0 Å². The van der Waals surface area contributed by atoms with Crippen molar-refractivity contribution in [2.24, 2.45) is 0 Å². The van der Waals surface area contributed by atoms with E-state index in [1.54, 1.807) is 19.2 Å². The van der Waals surface area contributed by atoms with Crippen molar-refractivity contribution in [2.45, 2.75) is 46.1 Å². The van der Waals surface area contributed by atoms with Crippen LogP contribution in [0.25, 0.3) is 0 Å². The van der Waals surface area contributed by atoms with E-state index < -0.39 is 6.10 Å². The molecule has 1 N–H and O–H groups in total. The van der Waals surface area contributed by atoms with Crippen LogP contribution in [0.2, 0.25) is 0 Å². The number of aromatic nitrogens is 1. The summed E-state index contributed by atoms with van der Waals surface area (Å²) < 4.78 is 5.93. The van der Waals surface area contributed by atoms with Crippen molar-refractivity contribution in [3.63, 3.8) is 0 Å². The highest BCUT2D eigenvalue weighted by Gasteiger charge is 2.19. The molecule has 0 spiro atoms. The Morgan fingerprint density at radius 2 is 1.86 bits per heavy atom. The Balaban J connectivity index is 2.31. The molecule has 0 aliphatic heterocycles. The number of benzene rings is 1. The van der Waals surface area contributed by atoms with Crippen LogP contribution in [0.15, 0.2) is 36.5 Å². The molecule has 1 aromatic carbocycles. The first-order valence-corrected chi connectivity index (χ1v) is 7.20. The number of aryl methyl sites for hydroxylation is 1. The van der Waals surface area contributed by atoms with Gasteiger partial charge in [-0.15, -0.1) is 0 Å². The summed E-state index contributed by atoms with van der Waals surface area (Å²) >= 11 is 0. The third kappa shape index (κ3) is 3.82. The van der Waals surface area contributed by atoms with Gasteiger partial charge in [0.15, 0.2) is 0 Å². The molecular weight excluding hydrogens is 262 g/mol. The molecule has 1 heterocycles. The number of ether oxygens (including phenoxy) is 1. The Hall–Kier alpha value is -1.87. The van der Waals surface area contributed by atoms with Crippen LogP contribution in [-0.2, 0) is 5.41 Å². The number of hydrogen-bond donors (Lipinski definition) is 1. The van der Waals surface area contributed by atoms with Gasteiger partial charge < -0.3 is 9.84 Å². The van der Waals surface area contributed by atoms with Gasteiger partial charge in [0, 0.05) is 17.8 Å². The number of aliphatic hydroxyl groups excluding tert-OH is 1. The van der Waals surface area contributed by atoms with Crippen molar-refractivity contribution < 1.29 is 9.84 Å². The van der Waals surface area contributed by atoms with Crippen LogP contribution < -0.4 is 4.74 Å². The summed E-state index contributed by atoms with van der Waals surface area (Å²) in [5.74, 6) is 1.36. The Bertz CT molecular complexity index is 610. The number of hydrogen-bond acceptors (Lipinski definition) is 3. The maximum Gasteiger partial charge on any atom is 0.219 e. The first-order valence-electron chi connectivity index (χ1n) is 7.20. The molecule has 0 aliphatic rings. The predicted molar refractivity (Wildman–Crippen MR) is 84.8 cm³/mol. The molecular formula is C18H23NO2. The van der Waals surface area contributed by atoms with Gasteiger partial charge in [-0.05, 0) is 37.0 Å². The quantitative estimate of drug-likeness (QED) is 0.900. The largest absolute Gasteiger partial charge is 0.439 e. The minimum absolute atomic E-state index is 0.000899. The van der Waals surface area contributed by atoms with Crippen molar-refractivity contribution in [3.05, 3.63) is 53.2 Å². The number of aliphatic hydroxyl groups is 1. The molecule has 2 aromatic rings. The number of pyridine rings is 1. The maximum absolute atomic E-state index is 9.50. The molecule has 0 fully saturated rings. The molecule has 0 bridgehead atoms. The summed E-state index contributed by atoms with van der Waals surface area (Å²) in [6.07, 6.45) is 1.13. The lowest BCUT2D eigenvalue weighted by Gasteiger charge is -2.23. The van der Waals surface area contributed by atoms with Crippen LogP contribution in [0.1, 0.15) is 50.5 Å². The van der Waals surface area contributed by atoms with E-state index in [0.717, 1.165) is 16.9 Å². The van der Waals surface area contributed by atoms with Crippen molar-refractivity contribution in [2.75, 3.05) is 0 Å². The highest BCUT2D eigenvalue weighted by atomic mass is 16.5. The Morgan fingerprint density at radius 3 is 2.38 bits per heavy atom. The van der Waals surface area contributed by atoms with Gasteiger partial charge in [-0.25, -0.2) is 4.98 Å². The Kier molecular flexibility index (Phi) is 4.33. The average Bonchev–Trinajstić information content (AvgIpc) is 2.40. The number of nitrogens with zero attached hydrogens (tertiary/aromatic N) is 1. The second-order valence-corrected chi connectivity index (χ2v) is 6.46. The van der Waals surface area contributed by atoms with Gasteiger partial charge in [0.2, 0.25) is 5.88 Å². The zero-order chi connectivity index (χ0) is 15.6. The molecule has 1 aromatic heterocycles. The lowest BCUT2D eigenvalue weighted by atomic mass is 9.85. The second kappa shape index (κ2) is 5.86. The van der Waals surface area contributed by atoms with E-state index in [1.807, 2.05) is 18.2 Å². The summed E-state index contributed by atoms with van der Waals surface area (Å²) in [7, 11) is 0. The van der Waals surface area contributed by atoms with E-state index in [0.29, 0.717) is 5.88 Å². The third-order valence-electron chi connectivity index (χ3n) is 3.40. The van der Waals surface area contributed by atoms with Gasteiger partial charge in [0.25, 0.3) is 0 Å². The van der Waals surface area contributed by atoms with Crippen LogP contribution in [0.5, 0.6) is 11.6 Å². The highest BCUT2D eigenvalue weighted by molar-refractivity contribution is 5.43. The summed E-state index contributed by atoms with van der Waals surface area (Å²) in [6.45, 7) is 10.3. The zero-order valence-electron chi connectivity index (χ0n) is 13.3. The molecule has 0 saturated heterocycles. The normalized spacial score (nSPS) is 13.0. The van der Waals surface area contributed by atoms with Crippen molar-refractivity contribution >= 4 is 0 Å². The van der Waals surface area contributed by atoms with Crippen LogP contribution in [0.4, 0.5) is 0 Å². The van der Waals surface area contributed by atoms with Crippen molar-refractivity contribution in [1.29, 1.82) is 0 Å². The van der Waals surface area contributed by atoms with Crippen LogP contribution in [0.3, 0.4) is 0 Å². The van der Waals surface area contributed by atoms with Gasteiger partial charge in [-0.3, -0.25) is 0 Å². The minimum atomic E-state index is -0.518. The molecule has 0 aliphatic carbocycles. The predicted octanol–water partition coefficient (Wildman–Crippen LogP) is 4.53. The van der Waals surface area contributed by atoms with Crippen LogP contribution in [0, 0.1) is 6.92 Å². The molecule has 1 atom stereocenters. The van der Waals surface area contributed by atoms with Gasteiger partial charge in [0.05, 0.1) is 6.10 Å². The number of rotatable bonds is 3. The first kappa shape index (κ1) is 15.5. The van der Waals surface area contributed by atoms with E-state index in [9.17, 15) is 5.11 Å². The minimum Gasteiger partial charge on any atom is -0.439 e. The fourth-order valence-corrected chi connectivity index (χ4v) is 2.13. The Morgan fingerprint density at radius 1 is 1.14 bits per heavy atom. The van der Waals surface area contributed by atoms with E-state index in [1.165, 1.54) is 5.56 Å². The SMILES string of the molecule is Cc1ccc(Oc2ccc([C@H](C)O)cn2)c(C(C)(C)C)c1. The first-order chi connectivity index (χ1) is 9.77. The van der Waals surface area contributed by atoms with Gasteiger partial charge in [-0.2, -0.15) is 0 Å². The Labute approximate surface area is 126 Å². The smallest absolute Gasteiger partial charge is 0.219 e. The summed E-state index contributed by atoms with van der Waals surface area (Å²) in [5.41, 5.74) is 3.15. The van der Waals surface area contributed by atoms with Gasteiger partial charge in [0.1, 0.15) is 5.75 Å². The molecule has 3 nitrogen and oxygen atoms in total. The molecule has 0 radical (unpaired) electrons. The maximum atomic E-state index is 9.50. The fourth-order valence-electron chi connectivity index (χ4n) is 2.13. The zero-order valence-corrected chi connectivity index (χ0v) is 13.3. The molecule has 2 rings (SSSR count). The fraction of sp³-hybridized carbons (Fsp3) is 0.389. The molecule has 112 valence electrons. The molecule has 21 heavy (non-hydrogen) atoms. The van der Waals surface area contributed by atoms with Gasteiger partial charge in [-0.1, -0.05) is 38.5 Å². The standard InChI is InChI=1S/C18H23NO2/c1-12-6-8-16(15(10-12)18(3,4)5)21-17-9-7-14(11-19-17)13(2)20/h6-11,13,20H,1-5H3/t13-/m0/s1. The summed E-state index contributed by atoms with van der Waals surface area (Å²) in [5, 5.41) is 9.50.